The molecule has 1 amide bonds. The number of hydrogen-bond acceptors (Lipinski definition) is 3. The van der Waals surface area contributed by atoms with E-state index in [-0.39, 0.29) is 11.9 Å². The first-order chi connectivity index (χ1) is 8.50. The molecule has 0 aromatic carbocycles. The molecular formula is C12H14BrNO3S. The topological polar surface area (TPSA) is 57.6 Å². The zero-order chi connectivity index (χ0) is 13.3. The molecule has 0 spiro atoms. The molecule has 0 radical (unpaired) electrons. The first-order valence-electron chi connectivity index (χ1n) is 5.78. The predicted molar refractivity (Wildman–Crippen MR) is 72.9 cm³/mol. The summed E-state index contributed by atoms with van der Waals surface area (Å²) in [6, 6.07) is 1.54. The van der Waals surface area contributed by atoms with Crippen molar-refractivity contribution in [2.75, 3.05) is 6.54 Å². The minimum atomic E-state index is -0.813. The lowest BCUT2D eigenvalue weighted by Crippen LogP contribution is -2.48. The van der Waals surface area contributed by atoms with E-state index in [1.165, 1.54) is 11.3 Å². The van der Waals surface area contributed by atoms with Crippen molar-refractivity contribution in [3.63, 3.8) is 0 Å². The van der Waals surface area contributed by atoms with E-state index in [0.29, 0.717) is 17.8 Å². The number of carboxylic acids is 1. The van der Waals surface area contributed by atoms with E-state index in [9.17, 15) is 9.59 Å². The van der Waals surface area contributed by atoms with E-state index in [1.54, 1.807) is 11.0 Å². The second-order valence-corrected chi connectivity index (χ2v) is 6.28. The number of likely N-dealkylation sites (tertiary alicyclic amines) is 1. The summed E-state index contributed by atoms with van der Waals surface area (Å²) >= 11 is 4.70. The van der Waals surface area contributed by atoms with Crippen molar-refractivity contribution in [2.24, 2.45) is 5.92 Å². The van der Waals surface area contributed by atoms with Gasteiger partial charge in [0.25, 0.3) is 5.91 Å². The van der Waals surface area contributed by atoms with Gasteiger partial charge in [0, 0.05) is 22.4 Å². The van der Waals surface area contributed by atoms with Gasteiger partial charge in [0.2, 0.25) is 0 Å². The molecule has 0 aliphatic carbocycles. The number of amides is 1. The summed E-state index contributed by atoms with van der Waals surface area (Å²) < 4.78 is 0.885. The van der Waals surface area contributed by atoms with Gasteiger partial charge in [-0.25, -0.2) is 0 Å². The molecule has 0 saturated carbocycles. The SMILES string of the molecule is C[C@@H]1[C@H](C(=O)O)CCCN1C(=O)c1cc(Br)cs1. The molecule has 0 bridgehead atoms. The van der Waals surface area contributed by atoms with E-state index < -0.39 is 11.9 Å². The highest BCUT2D eigenvalue weighted by Crippen LogP contribution is 2.28. The standard InChI is InChI=1S/C12H14BrNO3S/c1-7-9(12(16)17)3-2-4-14(7)11(15)10-5-8(13)6-18-10/h5-7,9H,2-4H2,1H3,(H,16,17)/t7-,9-/m1/s1. The maximum absolute atomic E-state index is 12.3. The van der Waals surface area contributed by atoms with Crippen LogP contribution in [-0.2, 0) is 4.79 Å². The van der Waals surface area contributed by atoms with Crippen LogP contribution in [0.5, 0.6) is 0 Å². The lowest BCUT2D eigenvalue weighted by Gasteiger charge is -2.37. The van der Waals surface area contributed by atoms with Crippen LogP contribution in [0.15, 0.2) is 15.9 Å². The fourth-order valence-corrected chi connectivity index (χ4v) is 3.71. The zero-order valence-corrected chi connectivity index (χ0v) is 12.3. The third-order valence-corrected chi connectivity index (χ3v) is 5.02. The number of carbonyl (C=O) groups is 2. The van der Waals surface area contributed by atoms with Gasteiger partial charge in [-0.2, -0.15) is 0 Å². The average Bonchev–Trinajstić information content (AvgIpc) is 2.75. The normalized spacial score (nSPS) is 24.0. The maximum atomic E-state index is 12.3. The molecular weight excluding hydrogens is 318 g/mol. The first-order valence-corrected chi connectivity index (χ1v) is 7.45. The van der Waals surface area contributed by atoms with Gasteiger partial charge in [-0.05, 0) is 41.8 Å². The quantitative estimate of drug-likeness (QED) is 0.906. The molecule has 4 nitrogen and oxygen atoms in total. The van der Waals surface area contributed by atoms with Crippen molar-refractivity contribution >= 4 is 39.1 Å². The Labute approximate surface area is 118 Å². The summed E-state index contributed by atoms with van der Waals surface area (Å²) in [6.45, 7) is 2.46. The molecule has 6 heteroatoms. The van der Waals surface area contributed by atoms with Crippen LogP contribution in [-0.4, -0.2) is 34.5 Å². The highest BCUT2D eigenvalue weighted by atomic mass is 79.9. The molecule has 1 aromatic heterocycles. The summed E-state index contributed by atoms with van der Waals surface area (Å²) in [4.78, 5) is 25.8. The Balaban J connectivity index is 2.17. The van der Waals surface area contributed by atoms with Gasteiger partial charge in [-0.3, -0.25) is 9.59 Å². The van der Waals surface area contributed by atoms with E-state index in [2.05, 4.69) is 15.9 Å². The molecule has 2 atom stereocenters. The monoisotopic (exact) mass is 331 g/mol. The fraction of sp³-hybridized carbons (Fsp3) is 0.500. The number of piperidine rings is 1. The Kier molecular flexibility index (Phi) is 4.07. The lowest BCUT2D eigenvalue weighted by atomic mass is 9.90. The van der Waals surface area contributed by atoms with Gasteiger partial charge >= 0.3 is 5.97 Å². The number of nitrogens with zero attached hydrogens (tertiary/aromatic N) is 1. The van der Waals surface area contributed by atoms with Crippen molar-refractivity contribution in [2.45, 2.75) is 25.8 Å². The molecule has 1 aromatic rings. The van der Waals surface area contributed by atoms with Gasteiger partial charge in [0.1, 0.15) is 0 Å². The number of thiophene rings is 1. The second-order valence-electron chi connectivity index (χ2n) is 4.46. The highest BCUT2D eigenvalue weighted by Gasteiger charge is 2.35. The first kappa shape index (κ1) is 13.5. The molecule has 18 heavy (non-hydrogen) atoms. The van der Waals surface area contributed by atoms with Gasteiger partial charge in [0.15, 0.2) is 0 Å². The number of carboxylic acid groups (broad SMARTS) is 1. The minimum Gasteiger partial charge on any atom is -0.481 e. The molecule has 2 rings (SSSR count). The van der Waals surface area contributed by atoms with E-state index in [1.807, 2.05) is 12.3 Å². The van der Waals surface area contributed by atoms with Crippen LogP contribution in [0.3, 0.4) is 0 Å². The molecule has 2 heterocycles. The number of carbonyl (C=O) groups excluding carboxylic acids is 1. The molecule has 0 unspecified atom stereocenters. The van der Waals surface area contributed by atoms with Crippen LogP contribution in [0.25, 0.3) is 0 Å². The van der Waals surface area contributed by atoms with Crippen molar-refractivity contribution in [1.82, 2.24) is 4.90 Å². The molecule has 1 fully saturated rings. The van der Waals surface area contributed by atoms with Crippen molar-refractivity contribution in [1.29, 1.82) is 0 Å². The van der Waals surface area contributed by atoms with Crippen LogP contribution in [0.1, 0.15) is 29.4 Å². The number of aliphatic carboxylic acids is 1. The highest BCUT2D eigenvalue weighted by molar-refractivity contribution is 9.10. The van der Waals surface area contributed by atoms with Crippen LogP contribution in [0, 0.1) is 5.92 Å². The average molecular weight is 332 g/mol. The number of rotatable bonds is 2. The van der Waals surface area contributed by atoms with Gasteiger partial charge in [-0.1, -0.05) is 0 Å². The second kappa shape index (κ2) is 5.40. The van der Waals surface area contributed by atoms with Crippen LogP contribution in [0.2, 0.25) is 0 Å². The summed E-state index contributed by atoms with van der Waals surface area (Å²) in [5.74, 6) is -1.33. The Hall–Kier alpha value is -0.880. The van der Waals surface area contributed by atoms with E-state index in [0.717, 1.165) is 10.9 Å². The predicted octanol–water partition coefficient (Wildman–Crippen LogP) is 2.84. The Morgan fingerprint density at radius 2 is 2.28 bits per heavy atom. The number of halogens is 1. The van der Waals surface area contributed by atoms with Gasteiger partial charge in [-0.15, -0.1) is 11.3 Å². The van der Waals surface area contributed by atoms with E-state index in [4.69, 9.17) is 5.11 Å². The smallest absolute Gasteiger partial charge is 0.308 e. The van der Waals surface area contributed by atoms with Crippen molar-refractivity contribution in [3.05, 3.63) is 20.8 Å². The van der Waals surface area contributed by atoms with Crippen molar-refractivity contribution in [3.8, 4) is 0 Å². The maximum Gasteiger partial charge on any atom is 0.308 e. The number of hydrogen-bond donors (Lipinski definition) is 1. The van der Waals surface area contributed by atoms with E-state index >= 15 is 0 Å². The Morgan fingerprint density at radius 1 is 1.56 bits per heavy atom. The minimum absolute atomic E-state index is 0.0656. The molecule has 1 aliphatic rings. The molecule has 1 saturated heterocycles. The summed E-state index contributed by atoms with van der Waals surface area (Å²) in [5, 5.41) is 11.0. The summed E-state index contributed by atoms with van der Waals surface area (Å²) in [6.07, 6.45) is 1.40. The van der Waals surface area contributed by atoms with Crippen molar-refractivity contribution < 1.29 is 14.7 Å². The van der Waals surface area contributed by atoms with Crippen LogP contribution in [0.4, 0.5) is 0 Å². The molecule has 1 aliphatic heterocycles. The lowest BCUT2D eigenvalue weighted by molar-refractivity contribution is -0.144. The fourth-order valence-electron chi connectivity index (χ4n) is 2.33. The third kappa shape index (κ3) is 2.59. The molecule has 98 valence electrons. The van der Waals surface area contributed by atoms with Crippen LogP contribution < -0.4 is 0 Å². The van der Waals surface area contributed by atoms with Gasteiger partial charge < -0.3 is 10.0 Å². The molecule has 1 N–H and O–H groups in total. The summed E-state index contributed by atoms with van der Waals surface area (Å²) in [7, 11) is 0. The Morgan fingerprint density at radius 3 is 2.83 bits per heavy atom. The largest absolute Gasteiger partial charge is 0.481 e. The Bertz CT molecular complexity index is 474. The van der Waals surface area contributed by atoms with Crippen LogP contribution >= 0.6 is 27.3 Å². The third-order valence-electron chi connectivity index (χ3n) is 3.34. The summed E-state index contributed by atoms with van der Waals surface area (Å²) in [5.41, 5.74) is 0. The zero-order valence-electron chi connectivity index (χ0n) is 9.93. The van der Waals surface area contributed by atoms with Gasteiger partial charge in [0.05, 0.1) is 10.8 Å².